The molecule has 0 atom stereocenters. The topological polar surface area (TPSA) is 46.5 Å². The maximum absolute atomic E-state index is 10.8. The van der Waals surface area contributed by atoms with Crippen molar-refractivity contribution in [3.63, 3.8) is 0 Å². The van der Waals surface area contributed by atoms with Crippen LogP contribution in [0.25, 0.3) is 11.1 Å². The molecule has 1 N–H and O–H groups in total. The van der Waals surface area contributed by atoms with Gasteiger partial charge in [0, 0.05) is 6.92 Å². The van der Waals surface area contributed by atoms with E-state index in [2.05, 4.69) is 0 Å². The largest absolute Gasteiger partial charge is 0.508 e. The fourth-order valence-electron chi connectivity index (χ4n) is 1.57. The third-order valence-corrected chi connectivity index (χ3v) is 2.30. The molecule has 2 rings (SSSR count). The molecule has 0 spiro atoms. The summed E-state index contributed by atoms with van der Waals surface area (Å²) < 4.78 is 4.94. The van der Waals surface area contributed by atoms with Gasteiger partial charge in [0.2, 0.25) is 0 Å². The van der Waals surface area contributed by atoms with E-state index >= 15 is 0 Å². The highest BCUT2D eigenvalue weighted by Gasteiger charge is 2.01. The third-order valence-electron chi connectivity index (χ3n) is 2.30. The van der Waals surface area contributed by atoms with Crippen molar-refractivity contribution in [1.29, 1.82) is 0 Å². The van der Waals surface area contributed by atoms with Gasteiger partial charge in [0.25, 0.3) is 0 Å². The van der Waals surface area contributed by atoms with E-state index in [1.54, 1.807) is 30.3 Å². The first kappa shape index (κ1) is 11.2. The summed E-state index contributed by atoms with van der Waals surface area (Å²) in [5.41, 5.74) is 1.87. The van der Waals surface area contributed by atoms with E-state index in [1.807, 2.05) is 18.2 Å². The minimum absolute atomic E-state index is 0.228. The van der Waals surface area contributed by atoms with E-state index in [-0.39, 0.29) is 11.7 Å². The van der Waals surface area contributed by atoms with Crippen LogP contribution in [0.2, 0.25) is 0 Å². The number of carbonyl (C=O) groups excluding carboxylic acids is 1. The smallest absolute Gasteiger partial charge is 0.308 e. The highest BCUT2D eigenvalue weighted by Crippen LogP contribution is 2.25. The number of rotatable bonds is 2. The van der Waals surface area contributed by atoms with Gasteiger partial charge in [-0.15, -0.1) is 0 Å². The first-order valence-electron chi connectivity index (χ1n) is 5.23. The summed E-state index contributed by atoms with van der Waals surface area (Å²) in [5, 5.41) is 9.38. The SMILES string of the molecule is CC(=O)Oc1ccc(-c2cccc(O)c2)cc1. The summed E-state index contributed by atoms with van der Waals surface area (Å²) in [6.45, 7) is 1.36. The molecule has 0 aliphatic heterocycles. The number of esters is 1. The normalized spacial score (nSPS) is 9.94. The lowest BCUT2D eigenvalue weighted by Gasteiger charge is -2.04. The van der Waals surface area contributed by atoms with Gasteiger partial charge in [0.15, 0.2) is 0 Å². The molecule has 0 aliphatic carbocycles. The van der Waals surface area contributed by atoms with Gasteiger partial charge in [0.1, 0.15) is 11.5 Å². The maximum atomic E-state index is 10.8. The molecular formula is C14H12O3. The molecule has 0 aliphatic rings. The summed E-state index contributed by atoms with van der Waals surface area (Å²) in [5.74, 6) is 0.406. The third kappa shape index (κ3) is 2.84. The van der Waals surface area contributed by atoms with Crippen molar-refractivity contribution in [2.75, 3.05) is 0 Å². The van der Waals surface area contributed by atoms with E-state index in [0.717, 1.165) is 11.1 Å². The van der Waals surface area contributed by atoms with Crippen LogP contribution < -0.4 is 4.74 Å². The van der Waals surface area contributed by atoms with Gasteiger partial charge in [-0.2, -0.15) is 0 Å². The maximum Gasteiger partial charge on any atom is 0.308 e. The number of carbonyl (C=O) groups is 1. The first-order chi connectivity index (χ1) is 8.15. The number of phenols is 1. The van der Waals surface area contributed by atoms with E-state index in [9.17, 15) is 9.90 Å². The summed E-state index contributed by atoms with van der Waals surface area (Å²) in [6.07, 6.45) is 0. The van der Waals surface area contributed by atoms with Crippen molar-refractivity contribution in [3.8, 4) is 22.6 Å². The Hall–Kier alpha value is -2.29. The molecule has 0 bridgehead atoms. The van der Waals surface area contributed by atoms with Crippen LogP contribution in [0.1, 0.15) is 6.92 Å². The number of benzene rings is 2. The van der Waals surface area contributed by atoms with Crippen LogP contribution >= 0.6 is 0 Å². The summed E-state index contributed by atoms with van der Waals surface area (Å²) >= 11 is 0. The van der Waals surface area contributed by atoms with Crippen molar-refractivity contribution in [3.05, 3.63) is 48.5 Å². The Kier molecular flexibility index (Phi) is 3.10. The summed E-state index contributed by atoms with van der Waals surface area (Å²) in [6, 6.07) is 14.1. The van der Waals surface area contributed by atoms with Crippen molar-refractivity contribution in [2.45, 2.75) is 6.92 Å². The van der Waals surface area contributed by atoms with Gasteiger partial charge in [-0.05, 0) is 35.4 Å². The zero-order valence-corrected chi connectivity index (χ0v) is 9.38. The van der Waals surface area contributed by atoms with Gasteiger partial charge >= 0.3 is 5.97 Å². The fraction of sp³-hybridized carbons (Fsp3) is 0.0714. The van der Waals surface area contributed by atoms with Gasteiger partial charge in [-0.25, -0.2) is 0 Å². The van der Waals surface area contributed by atoms with Crippen molar-refractivity contribution < 1.29 is 14.6 Å². The van der Waals surface area contributed by atoms with Gasteiger partial charge < -0.3 is 9.84 Å². The van der Waals surface area contributed by atoms with E-state index in [1.165, 1.54) is 6.92 Å². The molecule has 0 heterocycles. The number of phenolic OH excluding ortho intramolecular Hbond substituents is 1. The Morgan fingerprint density at radius 2 is 1.76 bits per heavy atom. The van der Waals surface area contributed by atoms with Crippen LogP contribution in [-0.4, -0.2) is 11.1 Å². The zero-order valence-electron chi connectivity index (χ0n) is 9.38. The summed E-state index contributed by atoms with van der Waals surface area (Å²) in [7, 11) is 0. The Balaban J connectivity index is 2.26. The lowest BCUT2D eigenvalue weighted by Crippen LogP contribution is -2.00. The Morgan fingerprint density at radius 1 is 1.06 bits per heavy atom. The second-order valence-electron chi connectivity index (χ2n) is 3.67. The van der Waals surface area contributed by atoms with Crippen molar-refractivity contribution in [2.24, 2.45) is 0 Å². The van der Waals surface area contributed by atoms with Crippen molar-refractivity contribution in [1.82, 2.24) is 0 Å². The quantitative estimate of drug-likeness (QED) is 0.635. The molecule has 2 aromatic rings. The standard InChI is InChI=1S/C14H12O3/c1-10(15)17-14-7-5-11(6-8-14)12-3-2-4-13(16)9-12/h2-9,16H,1H3. The molecule has 2 aromatic carbocycles. The molecule has 0 aromatic heterocycles. The molecule has 0 fully saturated rings. The number of aromatic hydroxyl groups is 1. The molecule has 0 unspecified atom stereocenters. The molecule has 0 amide bonds. The molecule has 3 nitrogen and oxygen atoms in total. The lowest BCUT2D eigenvalue weighted by atomic mass is 10.1. The van der Waals surface area contributed by atoms with Gasteiger partial charge in [0.05, 0.1) is 0 Å². The predicted molar refractivity (Wildman–Crippen MR) is 64.9 cm³/mol. The van der Waals surface area contributed by atoms with Crippen LogP contribution in [0.3, 0.4) is 0 Å². The number of hydrogen-bond donors (Lipinski definition) is 1. The summed E-state index contributed by atoms with van der Waals surface area (Å²) in [4.78, 5) is 10.8. The van der Waals surface area contributed by atoms with Crippen LogP contribution in [0, 0.1) is 0 Å². The fourth-order valence-corrected chi connectivity index (χ4v) is 1.57. The molecular weight excluding hydrogens is 216 g/mol. The number of hydrogen-bond acceptors (Lipinski definition) is 3. The Morgan fingerprint density at radius 3 is 2.35 bits per heavy atom. The molecule has 86 valence electrons. The van der Waals surface area contributed by atoms with E-state index in [4.69, 9.17) is 4.74 Å². The van der Waals surface area contributed by atoms with E-state index in [0.29, 0.717) is 5.75 Å². The second-order valence-corrected chi connectivity index (χ2v) is 3.67. The van der Waals surface area contributed by atoms with Gasteiger partial charge in [-0.3, -0.25) is 4.79 Å². The number of ether oxygens (including phenoxy) is 1. The van der Waals surface area contributed by atoms with Crippen LogP contribution in [0.15, 0.2) is 48.5 Å². The zero-order chi connectivity index (χ0) is 12.3. The monoisotopic (exact) mass is 228 g/mol. The highest BCUT2D eigenvalue weighted by molar-refractivity contribution is 5.70. The molecule has 0 radical (unpaired) electrons. The van der Waals surface area contributed by atoms with Gasteiger partial charge in [-0.1, -0.05) is 24.3 Å². The Labute approximate surface area is 99.3 Å². The van der Waals surface area contributed by atoms with Crippen LogP contribution in [-0.2, 0) is 4.79 Å². The van der Waals surface area contributed by atoms with Crippen LogP contribution in [0.5, 0.6) is 11.5 Å². The minimum atomic E-state index is -0.338. The predicted octanol–water partition coefficient (Wildman–Crippen LogP) is 2.98. The van der Waals surface area contributed by atoms with Crippen molar-refractivity contribution >= 4 is 5.97 Å². The Bertz CT molecular complexity index is 529. The lowest BCUT2D eigenvalue weighted by molar-refractivity contribution is -0.131. The highest BCUT2D eigenvalue weighted by atomic mass is 16.5. The van der Waals surface area contributed by atoms with Crippen LogP contribution in [0.4, 0.5) is 0 Å². The van der Waals surface area contributed by atoms with E-state index < -0.39 is 0 Å². The first-order valence-corrected chi connectivity index (χ1v) is 5.23. The second kappa shape index (κ2) is 4.70. The average Bonchev–Trinajstić information content (AvgIpc) is 2.29. The molecule has 17 heavy (non-hydrogen) atoms. The molecule has 0 saturated carbocycles. The molecule has 0 saturated heterocycles. The minimum Gasteiger partial charge on any atom is -0.508 e. The average molecular weight is 228 g/mol. The molecule has 3 heteroatoms.